The Balaban J connectivity index is 0.00000156. The lowest BCUT2D eigenvalue weighted by molar-refractivity contribution is 0.0714. The van der Waals surface area contributed by atoms with Gasteiger partial charge in [-0.1, -0.05) is 6.07 Å². The number of aromatic nitrogens is 2. The van der Waals surface area contributed by atoms with Crippen LogP contribution in [0.5, 0.6) is 0 Å². The first-order valence-electron chi connectivity index (χ1n) is 8.17. The van der Waals surface area contributed by atoms with Crippen LogP contribution in [-0.4, -0.2) is 39.5 Å². The molecule has 0 aliphatic carbocycles. The number of pyridine rings is 1. The molecule has 2 N–H and O–H groups in total. The van der Waals surface area contributed by atoms with E-state index in [4.69, 9.17) is 5.73 Å². The van der Waals surface area contributed by atoms with Crippen LogP contribution in [0.4, 0.5) is 0 Å². The van der Waals surface area contributed by atoms with Crippen LogP contribution in [-0.2, 0) is 6.54 Å². The van der Waals surface area contributed by atoms with Gasteiger partial charge in [-0.2, -0.15) is 0 Å². The highest BCUT2D eigenvalue weighted by molar-refractivity contribution is 5.95. The first-order valence-corrected chi connectivity index (χ1v) is 8.17. The number of likely N-dealkylation sites (tertiary alicyclic amines) is 1. The average Bonchev–Trinajstić information content (AvgIpc) is 2.84. The molecule has 25 heavy (non-hydrogen) atoms. The van der Waals surface area contributed by atoms with Gasteiger partial charge in [0.05, 0.1) is 17.8 Å². The minimum absolute atomic E-state index is 0. The quantitative estimate of drug-likeness (QED) is 0.884. The lowest BCUT2D eigenvalue weighted by Crippen LogP contribution is -2.43. The van der Waals surface area contributed by atoms with Gasteiger partial charge in [-0.3, -0.25) is 9.78 Å². The summed E-state index contributed by atoms with van der Waals surface area (Å²) < 4.78 is 2.16. The van der Waals surface area contributed by atoms with Crippen molar-refractivity contribution in [2.75, 3.05) is 13.1 Å². The minimum atomic E-state index is 0. The fourth-order valence-electron chi connectivity index (χ4n) is 3.19. The summed E-state index contributed by atoms with van der Waals surface area (Å²) in [5, 5.41) is 0. The third kappa shape index (κ3) is 4.75. The third-order valence-electron chi connectivity index (χ3n) is 4.68. The molecular weight excluding hydrogens is 359 g/mol. The highest BCUT2D eigenvalue weighted by Crippen LogP contribution is 2.20. The molecule has 0 unspecified atom stereocenters. The number of amides is 1. The van der Waals surface area contributed by atoms with Gasteiger partial charge in [0.15, 0.2) is 0 Å². The summed E-state index contributed by atoms with van der Waals surface area (Å²) in [4.78, 5) is 19.1. The van der Waals surface area contributed by atoms with Crippen molar-refractivity contribution in [2.24, 2.45) is 5.73 Å². The minimum Gasteiger partial charge on any atom is -0.342 e. The summed E-state index contributed by atoms with van der Waals surface area (Å²) in [6.45, 7) is 6.25. The van der Waals surface area contributed by atoms with Crippen LogP contribution in [0.25, 0.3) is 0 Å². The molecule has 138 valence electrons. The van der Waals surface area contributed by atoms with Crippen molar-refractivity contribution in [1.82, 2.24) is 14.5 Å². The van der Waals surface area contributed by atoms with Gasteiger partial charge in [-0.15, -0.1) is 24.8 Å². The van der Waals surface area contributed by atoms with Gasteiger partial charge in [0, 0.05) is 36.7 Å². The monoisotopic (exact) mass is 384 g/mol. The van der Waals surface area contributed by atoms with E-state index in [1.165, 1.54) is 0 Å². The molecule has 1 aliphatic rings. The van der Waals surface area contributed by atoms with Crippen molar-refractivity contribution in [3.8, 4) is 0 Å². The zero-order chi connectivity index (χ0) is 16.4. The first kappa shape index (κ1) is 21.5. The Morgan fingerprint density at radius 3 is 2.52 bits per heavy atom. The van der Waals surface area contributed by atoms with Crippen LogP contribution >= 0.6 is 24.8 Å². The van der Waals surface area contributed by atoms with Gasteiger partial charge in [0.25, 0.3) is 5.91 Å². The van der Waals surface area contributed by atoms with Crippen molar-refractivity contribution in [3.05, 3.63) is 53.1 Å². The molecule has 0 bridgehead atoms. The molecule has 3 heterocycles. The molecule has 1 saturated heterocycles. The van der Waals surface area contributed by atoms with E-state index < -0.39 is 0 Å². The Hall–Kier alpha value is -1.56. The van der Waals surface area contributed by atoms with E-state index in [9.17, 15) is 4.79 Å². The number of hydrogen-bond acceptors (Lipinski definition) is 3. The molecule has 0 saturated carbocycles. The number of carbonyl (C=O) groups is 1. The van der Waals surface area contributed by atoms with Crippen LogP contribution in [0.3, 0.4) is 0 Å². The van der Waals surface area contributed by atoms with E-state index in [2.05, 4.69) is 9.55 Å². The topological polar surface area (TPSA) is 64.2 Å². The standard InChI is InChI=1S/C18H24N4O.2ClH/c1-13-11-17(18(23)21-9-6-15(19)7-10-21)14(2)22(13)12-16-5-3-4-8-20-16;;/h3-5,8,11,15H,6-7,9-10,12,19H2,1-2H3;2*1H. The second kappa shape index (κ2) is 9.22. The average molecular weight is 385 g/mol. The Kier molecular flexibility index (Phi) is 7.93. The highest BCUT2D eigenvalue weighted by atomic mass is 35.5. The largest absolute Gasteiger partial charge is 0.342 e. The zero-order valence-corrected chi connectivity index (χ0v) is 16.3. The summed E-state index contributed by atoms with van der Waals surface area (Å²) in [6.07, 6.45) is 3.57. The summed E-state index contributed by atoms with van der Waals surface area (Å²) in [7, 11) is 0. The fourth-order valence-corrected chi connectivity index (χ4v) is 3.19. The summed E-state index contributed by atoms with van der Waals surface area (Å²) in [6, 6.07) is 8.13. The van der Waals surface area contributed by atoms with Crippen LogP contribution in [0, 0.1) is 13.8 Å². The Bertz CT molecular complexity index is 695. The van der Waals surface area contributed by atoms with E-state index in [1.54, 1.807) is 6.20 Å². The van der Waals surface area contributed by atoms with Gasteiger partial charge in [0.2, 0.25) is 0 Å². The Labute approximate surface area is 161 Å². The zero-order valence-electron chi connectivity index (χ0n) is 14.6. The highest BCUT2D eigenvalue weighted by Gasteiger charge is 2.24. The summed E-state index contributed by atoms with van der Waals surface area (Å²) >= 11 is 0. The van der Waals surface area contributed by atoms with Gasteiger partial charge < -0.3 is 15.2 Å². The third-order valence-corrected chi connectivity index (χ3v) is 4.68. The molecule has 0 radical (unpaired) electrons. The van der Waals surface area contributed by atoms with Gasteiger partial charge >= 0.3 is 0 Å². The number of aryl methyl sites for hydroxylation is 1. The molecule has 1 amide bonds. The van der Waals surface area contributed by atoms with Gasteiger partial charge in [-0.25, -0.2) is 0 Å². The molecule has 2 aromatic heterocycles. The van der Waals surface area contributed by atoms with Crippen molar-refractivity contribution >= 4 is 30.7 Å². The second-order valence-electron chi connectivity index (χ2n) is 6.32. The van der Waals surface area contributed by atoms with Crippen LogP contribution in [0.15, 0.2) is 30.5 Å². The van der Waals surface area contributed by atoms with Crippen molar-refractivity contribution in [2.45, 2.75) is 39.3 Å². The summed E-state index contributed by atoms with van der Waals surface area (Å²) in [5.41, 5.74) is 9.82. The molecule has 2 aromatic rings. The second-order valence-corrected chi connectivity index (χ2v) is 6.32. The van der Waals surface area contributed by atoms with Gasteiger partial charge in [0.1, 0.15) is 0 Å². The molecule has 0 aromatic carbocycles. The van der Waals surface area contributed by atoms with Crippen LogP contribution in [0.2, 0.25) is 0 Å². The van der Waals surface area contributed by atoms with E-state index in [1.807, 2.05) is 43.0 Å². The van der Waals surface area contributed by atoms with E-state index >= 15 is 0 Å². The van der Waals surface area contributed by atoms with Crippen molar-refractivity contribution in [3.63, 3.8) is 0 Å². The van der Waals surface area contributed by atoms with Crippen LogP contribution in [0.1, 0.15) is 40.3 Å². The smallest absolute Gasteiger partial charge is 0.255 e. The lowest BCUT2D eigenvalue weighted by Gasteiger charge is -2.30. The SMILES string of the molecule is Cc1cc(C(=O)N2CCC(N)CC2)c(C)n1Cc1ccccn1.Cl.Cl. The predicted molar refractivity (Wildman–Crippen MR) is 105 cm³/mol. The first-order chi connectivity index (χ1) is 11.1. The Morgan fingerprint density at radius 1 is 1.24 bits per heavy atom. The molecule has 3 rings (SSSR count). The molecule has 0 atom stereocenters. The van der Waals surface area contributed by atoms with Gasteiger partial charge in [-0.05, 0) is 44.9 Å². The number of hydrogen-bond donors (Lipinski definition) is 1. The normalized spacial score (nSPS) is 14.6. The number of rotatable bonds is 3. The Morgan fingerprint density at radius 2 is 1.92 bits per heavy atom. The molecule has 1 fully saturated rings. The lowest BCUT2D eigenvalue weighted by atomic mass is 10.1. The number of halogens is 2. The number of carbonyl (C=O) groups excluding carboxylic acids is 1. The van der Waals surface area contributed by atoms with Crippen molar-refractivity contribution < 1.29 is 4.79 Å². The maximum atomic E-state index is 12.8. The summed E-state index contributed by atoms with van der Waals surface area (Å²) in [5.74, 6) is 0.122. The maximum absolute atomic E-state index is 12.8. The molecule has 1 aliphatic heterocycles. The molecule has 5 nitrogen and oxygen atoms in total. The molecule has 7 heteroatoms. The van der Waals surface area contributed by atoms with E-state index in [0.29, 0.717) is 6.54 Å². The van der Waals surface area contributed by atoms with Crippen molar-refractivity contribution in [1.29, 1.82) is 0 Å². The predicted octanol–water partition coefficient (Wildman–Crippen LogP) is 2.96. The van der Waals surface area contributed by atoms with E-state index in [0.717, 1.165) is 48.6 Å². The number of nitrogens with two attached hydrogens (primary N) is 1. The number of nitrogens with zero attached hydrogens (tertiary/aromatic N) is 3. The maximum Gasteiger partial charge on any atom is 0.255 e. The van der Waals surface area contributed by atoms with E-state index in [-0.39, 0.29) is 36.8 Å². The number of piperidine rings is 1. The van der Waals surface area contributed by atoms with Crippen LogP contribution < -0.4 is 5.73 Å². The molecular formula is C18H26Cl2N4O. The fraction of sp³-hybridized carbons (Fsp3) is 0.444. The molecule has 0 spiro atoms.